The van der Waals surface area contributed by atoms with Crippen molar-refractivity contribution in [3.8, 4) is 0 Å². The summed E-state index contributed by atoms with van der Waals surface area (Å²) in [5.41, 5.74) is 2.56. The van der Waals surface area contributed by atoms with E-state index in [4.69, 9.17) is 0 Å². The van der Waals surface area contributed by atoms with Crippen LogP contribution in [0.15, 0.2) is 24.3 Å². The van der Waals surface area contributed by atoms with Crippen LogP contribution in [0.5, 0.6) is 0 Å². The highest BCUT2D eigenvalue weighted by molar-refractivity contribution is 7.86. The molecule has 3 nitrogen and oxygen atoms in total. The number of hydrogen-bond donors (Lipinski definition) is 0. The van der Waals surface area contributed by atoms with Crippen molar-refractivity contribution in [2.24, 2.45) is 0 Å². The van der Waals surface area contributed by atoms with E-state index in [9.17, 15) is 9.00 Å². The molecule has 2 rings (SSSR count). The lowest BCUT2D eigenvalue weighted by molar-refractivity contribution is -0.125. The summed E-state index contributed by atoms with van der Waals surface area (Å²) in [4.78, 5) is 13.0. The van der Waals surface area contributed by atoms with Crippen molar-refractivity contribution >= 4 is 16.7 Å². The van der Waals surface area contributed by atoms with Crippen molar-refractivity contribution in [3.05, 3.63) is 35.4 Å². The molecule has 1 aromatic carbocycles. The molecule has 0 N–H and O–H groups in total. The van der Waals surface area contributed by atoms with Gasteiger partial charge >= 0.3 is 0 Å². The summed E-state index contributed by atoms with van der Waals surface area (Å²) in [5.74, 6) is 0.0883. The monoisotopic (exact) mass is 251 g/mol. The molecule has 92 valence electrons. The fourth-order valence-corrected chi connectivity index (χ4v) is 3.54. The third-order valence-electron chi connectivity index (χ3n) is 3.15. The minimum Gasteiger partial charge on any atom is -0.348 e. The van der Waals surface area contributed by atoms with Crippen LogP contribution in [-0.4, -0.2) is 40.1 Å². The SMILES string of the molecule is CN(C)C(=O)C[S@](=O)C1Cc2ccccc2C1. The zero-order chi connectivity index (χ0) is 12.4. The molecular formula is C13H17NO2S. The average Bonchev–Trinajstić information content (AvgIpc) is 2.72. The Morgan fingerprint density at radius 2 is 1.82 bits per heavy atom. The summed E-state index contributed by atoms with van der Waals surface area (Å²) < 4.78 is 12.1. The maximum absolute atomic E-state index is 12.1. The van der Waals surface area contributed by atoms with Gasteiger partial charge in [-0.2, -0.15) is 0 Å². The van der Waals surface area contributed by atoms with E-state index in [1.165, 1.54) is 16.0 Å². The van der Waals surface area contributed by atoms with E-state index >= 15 is 0 Å². The zero-order valence-corrected chi connectivity index (χ0v) is 11.0. The molecular weight excluding hydrogens is 234 g/mol. The molecule has 17 heavy (non-hydrogen) atoms. The Bertz CT molecular complexity index is 431. The molecule has 0 aliphatic heterocycles. The van der Waals surface area contributed by atoms with E-state index in [2.05, 4.69) is 12.1 Å². The number of benzene rings is 1. The maximum atomic E-state index is 12.1. The fourth-order valence-electron chi connectivity index (χ4n) is 2.07. The second-order valence-electron chi connectivity index (χ2n) is 4.61. The largest absolute Gasteiger partial charge is 0.348 e. The Kier molecular flexibility index (Phi) is 3.62. The molecule has 1 aliphatic carbocycles. The van der Waals surface area contributed by atoms with Crippen molar-refractivity contribution in [3.63, 3.8) is 0 Å². The van der Waals surface area contributed by atoms with Crippen molar-refractivity contribution < 1.29 is 9.00 Å². The molecule has 0 fully saturated rings. The third-order valence-corrected chi connectivity index (χ3v) is 4.76. The van der Waals surface area contributed by atoms with Gasteiger partial charge in [-0.1, -0.05) is 24.3 Å². The molecule has 1 aliphatic rings. The van der Waals surface area contributed by atoms with E-state index in [1.54, 1.807) is 14.1 Å². The molecule has 1 aromatic rings. The summed E-state index contributed by atoms with van der Waals surface area (Å²) in [5, 5.41) is 0.108. The zero-order valence-electron chi connectivity index (χ0n) is 10.2. The van der Waals surface area contributed by atoms with E-state index in [1.807, 2.05) is 12.1 Å². The van der Waals surface area contributed by atoms with Gasteiger partial charge in [-0.3, -0.25) is 9.00 Å². The molecule has 0 saturated carbocycles. The van der Waals surface area contributed by atoms with Crippen LogP contribution >= 0.6 is 0 Å². The van der Waals surface area contributed by atoms with Gasteiger partial charge in [-0.25, -0.2) is 0 Å². The van der Waals surface area contributed by atoms with Gasteiger partial charge in [0.25, 0.3) is 0 Å². The van der Waals surface area contributed by atoms with Gasteiger partial charge in [-0.15, -0.1) is 0 Å². The highest BCUT2D eigenvalue weighted by Crippen LogP contribution is 2.25. The van der Waals surface area contributed by atoms with Crippen molar-refractivity contribution in [2.75, 3.05) is 19.8 Å². The van der Waals surface area contributed by atoms with Gasteiger partial charge in [0.1, 0.15) is 5.75 Å². The summed E-state index contributed by atoms with van der Waals surface area (Å²) in [7, 11) is 2.33. The van der Waals surface area contributed by atoms with Crippen LogP contribution in [-0.2, 0) is 28.4 Å². The van der Waals surface area contributed by atoms with Crippen molar-refractivity contribution in [2.45, 2.75) is 18.1 Å². The number of rotatable bonds is 3. The minimum absolute atomic E-state index is 0.0562. The lowest BCUT2D eigenvalue weighted by Crippen LogP contribution is -2.31. The second kappa shape index (κ2) is 5.00. The topological polar surface area (TPSA) is 37.4 Å². The first-order valence-corrected chi connectivity index (χ1v) is 7.10. The first-order chi connectivity index (χ1) is 8.08. The third kappa shape index (κ3) is 2.75. The Morgan fingerprint density at radius 1 is 1.29 bits per heavy atom. The highest BCUT2D eigenvalue weighted by Gasteiger charge is 2.27. The highest BCUT2D eigenvalue weighted by atomic mass is 32.2. The first-order valence-electron chi connectivity index (χ1n) is 5.72. The predicted octanol–water partition coefficient (Wildman–Crippen LogP) is 0.991. The van der Waals surface area contributed by atoms with Crippen LogP contribution in [0.4, 0.5) is 0 Å². The van der Waals surface area contributed by atoms with E-state index in [-0.39, 0.29) is 16.9 Å². The fraction of sp³-hybridized carbons (Fsp3) is 0.462. The standard InChI is InChI=1S/C13H17NO2S/c1-14(2)13(15)9-17(16)12-7-10-5-3-4-6-11(10)8-12/h3-6,12H,7-9H2,1-2H3/t17-/m0/s1. The maximum Gasteiger partial charge on any atom is 0.234 e. The Balaban J connectivity index is 1.99. The molecule has 4 heteroatoms. The van der Waals surface area contributed by atoms with Crippen LogP contribution in [0, 0.1) is 0 Å². The number of fused-ring (bicyclic) bond motifs is 1. The van der Waals surface area contributed by atoms with Gasteiger partial charge < -0.3 is 4.90 Å². The number of nitrogens with zero attached hydrogens (tertiary/aromatic N) is 1. The van der Waals surface area contributed by atoms with E-state index < -0.39 is 10.8 Å². The molecule has 1 atom stereocenters. The summed E-state index contributed by atoms with van der Waals surface area (Å²) in [6.07, 6.45) is 1.67. The van der Waals surface area contributed by atoms with Crippen LogP contribution in [0.3, 0.4) is 0 Å². The first kappa shape index (κ1) is 12.3. The molecule has 0 unspecified atom stereocenters. The Labute approximate surface area is 104 Å². The number of hydrogen-bond acceptors (Lipinski definition) is 2. The second-order valence-corrected chi connectivity index (χ2v) is 6.33. The van der Waals surface area contributed by atoms with Crippen LogP contribution in [0.25, 0.3) is 0 Å². The number of carbonyl (C=O) groups is 1. The molecule has 0 heterocycles. The molecule has 0 saturated heterocycles. The van der Waals surface area contributed by atoms with Gasteiger partial charge in [0, 0.05) is 30.1 Å². The minimum atomic E-state index is -1.06. The smallest absolute Gasteiger partial charge is 0.234 e. The van der Waals surface area contributed by atoms with E-state index in [0.29, 0.717) is 0 Å². The normalized spacial score (nSPS) is 16.6. The predicted molar refractivity (Wildman–Crippen MR) is 69.3 cm³/mol. The Morgan fingerprint density at radius 3 is 2.29 bits per heavy atom. The van der Waals surface area contributed by atoms with Gasteiger partial charge in [-0.05, 0) is 24.0 Å². The van der Waals surface area contributed by atoms with Gasteiger partial charge in [0.2, 0.25) is 5.91 Å². The molecule has 1 amide bonds. The van der Waals surface area contributed by atoms with Crippen LogP contribution in [0.1, 0.15) is 11.1 Å². The van der Waals surface area contributed by atoms with E-state index in [0.717, 1.165) is 12.8 Å². The molecule has 0 radical (unpaired) electrons. The van der Waals surface area contributed by atoms with Crippen molar-refractivity contribution in [1.82, 2.24) is 4.90 Å². The van der Waals surface area contributed by atoms with Crippen LogP contribution < -0.4 is 0 Å². The van der Waals surface area contributed by atoms with Gasteiger partial charge in [0.05, 0.1) is 0 Å². The van der Waals surface area contributed by atoms with Crippen LogP contribution in [0.2, 0.25) is 0 Å². The van der Waals surface area contributed by atoms with Crippen molar-refractivity contribution in [1.29, 1.82) is 0 Å². The van der Waals surface area contributed by atoms with Gasteiger partial charge in [0.15, 0.2) is 0 Å². The average molecular weight is 251 g/mol. The lowest BCUT2D eigenvalue weighted by Gasteiger charge is -2.12. The molecule has 0 bridgehead atoms. The lowest BCUT2D eigenvalue weighted by atomic mass is 10.1. The quantitative estimate of drug-likeness (QED) is 0.803. The Hall–Kier alpha value is -1.16. The summed E-state index contributed by atoms with van der Waals surface area (Å²) in [6.45, 7) is 0. The number of carbonyl (C=O) groups excluding carboxylic acids is 1. The summed E-state index contributed by atoms with van der Waals surface area (Å²) in [6, 6.07) is 8.19. The number of amides is 1. The molecule has 0 spiro atoms. The molecule has 0 aromatic heterocycles. The summed E-state index contributed by atoms with van der Waals surface area (Å²) >= 11 is 0.